The first-order valence-electron chi connectivity index (χ1n) is 8.73. The number of hydrogen-bond acceptors (Lipinski definition) is 4. The minimum atomic E-state index is -0.436. The van der Waals surface area contributed by atoms with Crippen LogP contribution in [0.5, 0.6) is 0 Å². The van der Waals surface area contributed by atoms with Gasteiger partial charge in [-0.2, -0.15) is 0 Å². The number of carbonyl (C=O) groups excluding carboxylic acids is 1. The lowest BCUT2D eigenvalue weighted by molar-refractivity contribution is 0.0506. The van der Waals surface area contributed by atoms with Crippen LogP contribution in [0.2, 0.25) is 0 Å². The molecule has 1 saturated carbocycles. The van der Waals surface area contributed by atoms with Gasteiger partial charge in [-0.15, -0.1) is 0 Å². The highest BCUT2D eigenvalue weighted by molar-refractivity contribution is 5.67. The first-order chi connectivity index (χ1) is 10.2. The maximum Gasteiger partial charge on any atom is 0.407 e. The van der Waals surface area contributed by atoms with E-state index in [9.17, 15) is 4.79 Å². The summed E-state index contributed by atoms with van der Waals surface area (Å²) in [4.78, 5) is 14.3. The van der Waals surface area contributed by atoms with Gasteiger partial charge in [0.05, 0.1) is 0 Å². The van der Waals surface area contributed by atoms with E-state index in [1.165, 1.54) is 25.8 Å². The molecule has 0 radical (unpaired) electrons. The number of alkyl carbamates (subject to hydrolysis) is 1. The summed E-state index contributed by atoms with van der Waals surface area (Å²) < 4.78 is 5.27. The molecule has 2 fully saturated rings. The van der Waals surface area contributed by atoms with Crippen molar-refractivity contribution < 1.29 is 9.53 Å². The van der Waals surface area contributed by atoms with Crippen molar-refractivity contribution >= 4 is 6.09 Å². The number of amides is 1. The predicted molar refractivity (Wildman–Crippen MR) is 89.0 cm³/mol. The van der Waals surface area contributed by atoms with Crippen LogP contribution in [-0.2, 0) is 4.74 Å². The highest BCUT2D eigenvalue weighted by Gasteiger charge is 2.38. The standard InChI is InChI=1S/C17H33N3O2/c1-12(19-16(21)22-17(3,4)5)8-9-18-14-10-13(2)20(11-14)15-6-7-15/h12-15,18H,6-11H2,1-5H3,(H,19,21). The molecule has 2 rings (SSSR count). The van der Waals surface area contributed by atoms with Gasteiger partial charge in [-0.1, -0.05) is 0 Å². The Bertz CT molecular complexity index is 377. The van der Waals surface area contributed by atoms with Gasteiger partial charge in [0.25, 0.3) is 0 Å². The first kappa shape index (κ1) is 17.5. The molecule has 0 aromatic carbocycles. The van der Waals surface area contributed by atoms with Crippen molar-refractivity contribution in [1.29, 1.82) is 0 Å². The van der Waals surface area contributed by atoms with Gasteiger partial charge < -0.3 is 15.4 Å². The van der Waals surface area contributed by atoms with Crippen LogP contribution in [0, 0.1) is 0 Å². The summed E-state index contributed by atoms with van der Waals surface area (Å²) in [5, 5.41) is 6.54. The van der Waals surface area contributed by atoms with Crippen LogP contribution in [0.1, 0.15) is 60.3 Å². The van der Waals surface area contributed by atoms with Gasteiger partial charge in [0.1, 0.15) is 5.60 Å². The Morgan fingerprint density at radius 1 is 1.36 bits per heavy atom. The fourth-order valence-electron chi connectivity index (χ4n) is 3.20. The van der Waals surface area contributed by atoms with Crippen LogP contribution >= 0.6 is 0 Å². The number of hydrogen-bond donors (Lipinski definition) is 2. The number of ether oxygens (including phenoxy) is 1. The van der Waals surface area contributed by atoms with Crippen molar-refractivity contribution in [3.05, 3.63) is 0 Å². The van der Waals surface area contributed by atoms with Crippen LogP contribution in [0.25, 0.3) is 0 Å². The molecule has 2 N–H and O–H groups in total. The molecular formula is C17H33N3O2. The van der Waals surface area contributed by atoms with E-state index in [0.29, 0.717) is 12.1 Å². The van der Waals surface area contributed by atoms with Crippen molar-refractivity contribution in [2.45, 2.75) is 90.1 Å². The Hall–Kier alpha value is -0.810. The molecule has 0 bridgehead atoms. The third-order valence-corrected chi connectivity index (χ3v) is 4.41. The normalized spacial score (nSPS) is 27.7. The van der Waals surface area contributed by atoms with E-state index in [2.05, 4.69) is 22.5 Å². The van der Waals surface area contributed by atoms with Crippen molar-refractivity contribution in [2.24, 2.45) is 0 Å². The zero-order valence-electron chi connectivity index (χ0n) is 14.8. The SMILES string of the molecule is CC(CCNC1CC(C)N(C2CC2)C1)NC(=O)OC(C)(C)C. The quantitative estimate of drug-likeness (QED) is 0.791. The van der Waals surface area contributed by atoms with Crippen molar-refractivity contribution in [1.82, 2.24) is 15.5 Å². The fraction of sp³-hybridized carbons (Fsp3) is 0.941. The number of nitrogens with zero attached hydrogens (tertiary/aromatic N) is 1. The molecule has 0 spiro atoms. The largest absolute Gasteiger partial charge is 0.444 e. The van der Waals surface area contributed by atoms with Gasteiger partial charge in [0.2, 0.25) is 0 Å². The van der Waals surface area contributed by atoms with Crippen molar-refractivity contribution in [3.8, 4) is 0 Å². The zero-order chi connectivity index (χ0) is 16.3. The van der Waals surface area contributed by atoms with Crippen LogP contribution in [0.4, 0.5) is 4.79 Å². The molecule has 3 unspecified atom stereocenters. The van der Waals surface area contributed by atoms with E-state index in [4.69, 9.17) is 4.74 Å². The van der Waals surface area contributed by atoms with E-state index < -0.39 is 5.60 Å². The minimum Gasteiger partial charge on any atom is -0.444 e. The second-order valence-corrected chi connectivity index (χ2v) is 8.00. The highest BCUT2D eigenvalue weighted by Crippen LogP contribution is 2.33. The Labute approximate surface area is 135 Å². The highest BCUT2D eigenvalue weighted by atomic mass is 16.6. The molecule has 1 heterocycles. The number of likely N-dealkylation sites (tertiary alicyclic amines) is 1. The van der Waals surface area contributed by atoms with Gasteiger partial charge in [-0.05, 0) is 66.8 Å². The van der Waals surface area contributed by atoms with Crippen LogP contribution in [0.15, 0.2) is 0 Å². The van der Waals surface area contributed by atoms with E-state index in [0.717, 1.165) is 19.0 Å². The van der Waals surface area contributed by atoms with E-state index in [-0.39, 0.29) is 12.1 Å². The molecule has 5 heteroatoms. The van der Waals surface area contributed by atoms with E-state index >= 15 is 0 Å². The average Bonchev–Trinajstić information content (AvgIpc) is 3.11. The lowest BCUT2D eigenvalue weighted by Gasteiger charge is -2.22. The third-order valence-electron chi connectivity index (χ3n) is 4.41. The number of nitrogens with one attached hydrogen (secondary N) is 2. The van der Waals surface area contributed by atoms with Gasteiger partial charge >= 0.3 is 6.09 Å². The smallest absolute Gasteiger partial charge is 0.407 e. The summed E-state index contributed by atoms with van der Waals surface area (Å²) >= 11 is 0. The molecule has 0 aromatic rings. The Morgan fingerprint density at radius 3 is 2.64 bits per heavy atom. The molecule has 22 heavy (non-hydrogen) atoms. The summed E-state index contributed by atoms with van der Waals surface area (Å²) in [6, 6.07) is 2.29. The minimum absolute atomic E-state index is 0.126. The van der Waals surface area contributed by atoms with Gasteiger partial charge in [-0.25, -0.2) is 4.79 Å². The number of carbonyl (C=O) groups is 1. The molecule has 128 valence electrons. The summed E-state index contributed by atoms with van der Waals surface area (Å²) in [6.45, 7) is 12.1. The molecule has 1 amide bonds. The summed E-state index contributed by atoms with van der Waals surface area (Å²) in [5.74, 6) is 0. The average molecular weight is 311 g/mol. The number of rotatable bonds is 6. The summed E-state index contributed by atoms with van der Waals surface area (Å²) in [6.07, 6.45) is 4.61. The van der Waals surface area contributed by atoms with Crippen LogP contribution < -0.4 is 10.6 Å². The lowest BCUT2D eigenvalue weighted by atomic mass is 10.1. The molecule has 0 aromatic heterocycles. The van der Waals surface area contributed by atoms with Gasteiger partial charge in [0.15, 0.2) is 0 Å². The maximum atomic E-state index is 11.7. The maximum absolute atomic E-state index is 11.7. The molecule has 2 aliphatic rings. The second-order valence-electron chi connectivity index (χ2n) is 8.00. The molecule has 1 saturated heterocycles. The fourth-order valence-corrected chi connectivity index (χ4v) is 3.20. The molecular weight excluding hydrogens is 278 g/mol. The molecule has 1 aliphatic carbocycles. The van der Waals surface area contributed by atoms with Gasteiger partial charge in [-0.3, -0.25) is 4.90 Å². The Morgan fingerprint density at radius 2 is 2.05 bits per heavy atom. The van der Waals surface area contributed by atoms with E-state index in [1.807, 2.05) is 27.7 Å². The lowest BCUT2D eigenvalue weighted by Crippen LogP contribution is -2.40. The topological polar surface area (TPSA) is 53.6 Å². The zero-order valence-corrected chi connectivity index (χ0v) is 14.8. The van der Waals surface area contributed by atoms with Crippen LogP contribution in [-0.4, -0.2) is 53.9 Å². The Balaban J connectivity index is 1.59. The predicted octanol–water partition coefficient (Wildman–Crippen LogP) is 2.50. The van der Waals surface area contributed by atoms with Crippen LogP contribution in [0.3, 0.4) is 0 Å². The molecule has 3 atom stereocenters. The first-order valence-corrected chi connectivity index (χ1v) is 8.73. The molecule has 1 aliphatic heterocycles. The molecule has 5 nitrogen and oxygen atoms in total. The monoisotopic (exact) mass is 311 g/mol. The van der Waals surface area contributed by atoms with Crippen molar-refractivity contribution in [3.63, 3.8) is 0 Å². The van der Waals surface area contributed by atoms with Crippen molar-refractivity contribution in [2.75, 3.05) is 13.1 Å². The second kappa shape index (κ2) is 7.18. The summed E-state index contributed by atoms with van der Waals surface area (Å²) in [5.41, 5.74) is -0.436. The van der Waals surface area contributed by atoms with Gasteiger partial charge in [0, 0.05) is 30.7 Å². The third kappa shape index (κ3) is 5.76. The summed E-state index contributed by atoms with van der Waals surface area (Å²) in [7, 11) is 0. The van der Waals surface area contributed by atoms with E-state index in [1.54, 1.807) is 0 Å². The Kier molecular flexibility index (Phi) is 5.72.